The summed E-state index contributed by atoms with van der Waals surface area (Å²) >= 11 is 0. The topological polar surface area (TPSA) is 70.2 Å². The lowest BCUT2D eigenvalue weighted by atomic mass is 9.96. The zero-order valence-electron chi connectivity index (χ0n) is 16.8. The first-order valence-electron chi connectivity index (χ1n) is 10.3. The zero-order valence-corrected chi connectivity index (χ0v) is 16.8. The average Bonchev–Trinajstić information content (AvgIpc) is 2.67. The lowest BCUT2D eigenvalue weighted by Crippen LogP contribution is -2.47. The summed E-state index contributed by atoms with van der Waals surface area (Å²) in [6.45, 7) is 5.45. The molecule has 2 aromatic rings. The van der Waals surface area contributed by atoms with Gasteiger partial charge in [-0.1, -0.05) is 25.3 Å². The molecule has 148 valence electrons. The normalized spacial score (nSPS) is 17.1. The van der Waals surface area contributed by atoms with E-state index in [9.17, 15) is 4.79 Å². The number of amides is 2. The Morgan fingerprint density at radius 2 is 1.86 bits per heavy atom. The number of rotatable bonds is 3. The molecule has 6 nitrogen and oxygen atoms in total. The van der Waals surface area contributed by atoms with Gasteiger partial charge in [-0.25, -0.2) is 14.8 Å². The Kier molecular flexibility index (Phi) is 5.46. The van der Waals surface area contributed by atoms with Crippen molar-refractivity contribution in [2.75, 3.05) is 11.9 Å². The van der Waals surface area contributed by atoms with Crippen molar-refractivity contribution < 1.29 is 4.79 Å². The Balaban J connectivity index is 1.40. The van der Waals surface area contributed by atoms with Crippen LogP contribution in [-0.4, -0.2) is 33.5 Å². The van der Waals surface area contributed by atoms with Gasteiger partial charge >= 0.3 is 6.03 Å². The Morgan fingerprint density at radius 1 is 1.11 bits per heavy atom. The van der Waals surface area contributed by atoms with Gasteiger partial charge in [0, 0.05) is 36.5 Å². The molecule has 1 aromatic heterocycles. The smallest absolute Gasteiger partial charge is 0.317 e. The molecule has 0 radical (unpaired) electrons. The Labute approximate surface area is 166 Å². The summed E-state index contributed by atoms with van der Waals surface area (Å²) in [5.41, 5.74) is 5.49. The van der Waals surface area contributed by atoms with Crippen molar-refractivity contribution in [3.63, 3.8) is 0 Å². The number of hydrogen-bond acceptors (Lipinski definition) is 4. The quantitative estimate of drug-likeness (QED) is 0.837. The third-order valence-electron chi connectivity index (χ3n) is 5.63. The molecule has 1 aliphatic heterocycles. The van der Waals surface area contributed by atoms with Crippen molar-refractivity contribution in [3.05, 3.63) is 46.8 Å². The van der Waals surface area contributed by atoms with Crippen molar-refractivity contribution in [1.82, 2.24) is 20.2 Å². The monoisotopic (exact) mass is 379 g/mol. The Hall–Kier alpha value is -2.63. The van der Waals surface area contributed by atoms with E-state index in [1.165, 1.54) is 30.4 Å². The van der Waals surface area contributed by atoms with Gasteiger partial charge in [0.15, 0.2) is 0 Å². The van der Waals surface area contributed by atoms with Crippen LogP contribution in [-0.2, 0) is 13.0 Å². The van der Waals surface area contributed by atoms with Crippen molar-refractivity contribution in [2.45, 2.75) is 65.0 Å². The summed E-state index contributed by atoms with van der Waals surface area (Å²) in [7, 11) is 0. The minimum absolute atomic E-state index is 0.0509. The Bertz CT molecular complexity index is 840. The summed E-state index contributed by atoms with van der Waals surface area (Å²) in [5, 5.41) is 6.52. The van der Waals surface area contributed by atoms with Gasteiger partial charge in [-0.15, -0.1) is 0 Å². The number of hydrogen-bond donors (Lipinski definition) is 2. The van der Waals surface area contributed by atoms with Crippen molar-refractivity contribution in [3.8, 4) is 0 Å². The predicted octanol–water partition coefficient (Wildman–Crippen LogP) is 4.24. The van der Waals surface area contributed by atoms with E-state index in [2.05, 4.69) is 47.7 Å². The van der Waals surface area contributed by atoms with Gasteiger partial charge in [-0.3, -0.25) is 0 Å². The molecule has 0 unspecified atom stereocenters. The third kappa shape index (κ3) is 4.43. The number of nitrogens with zero attached hydrogens (tertiary/aromatic N) is 3. The molecule has 2 aliphatic rings. The molecular formula is C22H29N5O. The highest BCUT2D eigenvalue weighted by atomic mass is 16.2. The molecule has 1 fully saturated rings. The van der Waals surface area contributed by atoms with E-state index >= 15 is 0 Å². The summed E-state index contributed by atoms with van der Waals surface area (Å²) in [6.07, 6.45) is 8.55. The number of urea groups is 1. The van der Waals surface area contributed by atoms with Gasteiger partial charge in [0.2, 0.25) is 5.95 Å². The van der Waals surface area contributed by atoms with Crippen molar-refractivity contribution >= 4 is 17.7 Å². The average molecular weight is 380 g/mol. The van der Waals surface area contributed by atoms with Crippen LogP contribution in [0.3, 0.4) is 0 Å². The SMILES string of the molecule is Cc1cc(C)cc(Nc2ncc3c(n2)CCN(C(=O)NC2CCCCC2)C3)c1. The van der Waals surface area contributed by atoms with E-state index in [0.717, 1.165) is 36.2 Å². The predicted molar refractivity (Wildman–Crippen MR) is 111 cm³/mol. The maximum Gasteiger partial charge on any atom is 0.317 e. The van der Waals surface area contributed by atoms with Crippen LogP contribution in [0.2, 0.25) is 0 Å². The fourth-order valence-electron chi connectivity index (χ4n) is 4.24. The molecule has 1 saturated carbocycles. The zero-order chi connectivity index (χ0) is 19.5. The van der Waals surface area contributed by atoms with E-state index in [4.69, 9.17) is 4.98 Å². The van der Waals surface area contributed by atoms with E-state index in [0.29, 0.717) is 25.1 Å². The molecule has 0 atom stereocenters. The molecule has 2 heterocycles. The van der Waals surface area contributed by atoms with Crippen LogP contribution in [0, 0.1) is 13.8 Å². The molecule has 0 saturated heterocycles. The largest absolute Gasteiger partial charge is 0.335 e. The number of nitrogens with one attached hydrogen (secondary N) is 2. The number of anilines is 2. The van der Waals surface area contributed by atoms with E-state index in [1.54, 1.807) is 0 Å². The molecule has 0 bridgehead atoms. The van der Waals surface area contributed by atoms with Gasteiger partial charge in [0.05, 0.1) is 12.2 Å². The van der Waals surface area contributed by atoms with Crippen molar-refractivity contribution in [2.24, 2.45) is 0 Å². The lowest BCUT2D eigenvalue weighted by molar-refractivity contribution is 0.184. The maximum absolute atomic E-state index is 12.6. The number of fused-ring (bicyclic) bond motifs is 1. The van der Waals surface area contributed by atoms with E-state index in [1.807, 2.05) is 11.1 Å². The van der Waals surface area contributed by atoms with Crippen LogP contribution < -0.4 is 10.6 Å². The second kappa shape index (κ2) is 8.17. The minimum Gasteiger partial charge on any atom is -0.335 e. The molecule has 28 heavy (non-hydrogen) atoms. The third-order valence-corrected chi connectivity index (χ3v) is 5.63. The Morgan fingerprint density at radius 3 is 2.61 bits per heavy atom. The first-order valence-corrected chi connectivity index (χ1v) is 10.3. The number of carbonyl (C=O) groups is 1. The standard InChI is InChI=1S/C22H29N5O/c1-15-10-16(2)12-19(11-15)24-21-23-13-17-14-27(9-8-20(17)26-21)22(28)25-18-6-4-3-5-7-18/h10-13,18H,3-9,14H2,1-2H3,(H,25,28)(H,23,24,26). The van der Waals surface area contributed by atoms with Crippen LogP contribution in [0.5, 0.6) is 0 Å². The fourth-order valence-corrected chi connectivity index (χ4v) is 4.24. The van der Waals surface area contributed by atoms with Gasteiger partial charge in [-0.2, -0.15) is 0 Å². The molecule has 1 aromatic carbocycles. The highest BCUT2D eigenvalue weighted by Crippen LogP contribution is 2.22. The second-order valence-electron chi connectivity index (χ2n) is 8.12. The molecule has 6 heteroatoms. The maximum atomic E-state index is 12.6. The number of carbonyl (C=O) groups excluding carboxylic acids is 1. The summed E-state index contributed by atoms with van der Waals surface area (Å²) in [6, 6.07) is 6.71. The summed E-state index contributed by atoms with van der Waals surface area (Å²) in [4.78, 5) is 23.7. The first-order chi connectivity index (χ1) is 13.6. The fraction of sp³-hybridized carbons (Fsp3) is 0.500. The number of aryl methyl sites for hydroxylation is 2. The van der Waals surface area contributed by atoms with Gasteiger partial charge < -0.3 is 15.5 Å². The van der Waals surface area contributed by atoms with Crippen LogP contribution >= 0.6 is 0 Å². The molecule has 1 aliphatic carbocycles. The minimum atomic E-state index is 0.0509. The molecular weight excluding hydrogens is 350 g/mol. The highest BCUT2D eigenvalue weighted by Gasteiger charge is 2.24. The molecule has 2 N–H and O–H groups in total. The van der Waals surface area contributed by atoms with E-state index in [-0.39, 0.29) is 6.03 Å². The summed E-state index contributed by atoms with van der Waals surface area (Å²) in [5.74, 6) is 0.615. The lowest BCUT2D eigenvalue weighted by Gasteiger charge is -2.31. The van der Waals surface area contributed by atoms with Crippen LogP contribution in [0.1, 0.15) is 54.5 Å². The van der Waals surface area contributed by atoms with E-state index < -0.39 is 0 Å². The molecule has 0 spiro atoms. The first kappa shape index (κ1) is 18.7. The van der Waals surface area contributed by atoms with Crippen molar-refractivity contribution in [1.29, 1.82) is 0 Å². The van der Waals surface area contributed by atoms with Crippen LogP contribution in [0.15, 0.2) is 24.4 Å². The van der Waals surface area contributed by atoms with Crippen LogP contribution in [0.4, 0.5) is 16.4 Å². The molecule has 4 rings (SSSR count). The van der Waals surface area contributed by atoms with Gasteiger partial charge in [0.25, 0.3) is 0 Å². The number of aromatic nitrogens is 2. The van der Waals surface area contributed by atoms with Crippen LogP contribution in [0.25, 0.3) is 0 Å². The van der Waals surface area contributed by atoms with Gasteiger partial charge in [-0.05, 0) is 49.9 Å². The second-order valence-corrected chi connectivity index (χ2v) is 8.12. The highest BCUT2D eigenvalue weighted by molar-refractivity contribution is 5.75. The summed E-state index contributed by atoms with van der Waals surface area (Å²) < 4.78 is 0. The van der Waals surface area contributed by atoms with Gasteiger partial charge in [0.1, 0.15) is 0 Å². The number of benzene rings is 1. The molecule has 2 amide bonds.